The van der Waals surface area contributed by atoms with Gasteiger partial charge in [0.2, 0.25) is 0 Å². The molecular weight excluding hydrogens is 620 g/mol. The Morgan fingerprint density at radius 3 is 1.35 bits per heavy atom. The van der Waals surface area contributed by atoms with E-state index in [1.165, 1.54) is 114 Å². The lowest BCUT2D eigenvalue weighted by atomic mass is 9.88. The van der Waals surface area contributed by atoms with Gasteiger partial charge >= 0.3 is 0 Å². The quantitative estimate of drug-likeness (QED) is 0.0579. The molecule has 0 unspecified atom stereocenters. The molecule has 0 radical (unpaired) electrons. The first kappa shape index (κ1) is 38.3. The van der Waals surface area contributed by atoms with Crippen molar-refractivity contribution in [3.05, 3.63) is 129 Å². The van der Waals surface area contributed by atoms with Crippen molar-refractivity contribution in [2.45, 2.75) is 129 Å². The van der Waals surface area contributed by atoms with Crippen LogP contribution >= 0.6 is 11.6 Å². The van der Waals surface area contributed by atoms with E-state index in [1.54, 1.807) is 12.1 Å². The molecule has 4 aromatic rings. The molecule has 0 fully saturated rings. The Balaban J connectivity index is 1.40. The van der Waals surface area contributed by atoms with E-state index in [0.717, 1.165) is 18.4 Å². The van der Waals surface area contributed by atoms with E-state index in [0.29, 0.717) is 32.8 Å². The van der Waals surface area contributed by atoms with Crippen LogP contribution in [0.1, 0.15) is 160 Å². The van der Waals surface area contributed by atoms with Gasteiger partial charge in [-0.2, -0.15) is 0 Å². The van der Waals surface area contributed by atoms with Crippen LogP contribution in [0.4, 0.5) is 0 Å². The molecular formula is C46H57ClO2. The van der Waals surface area contributed by atoms with Crippen LogP contribution in [-0.2, 0) is 12.8 Å². The van der Waals surface area contributed by atoms with Crippen molar-refractivity contribution in [2.75, 3.05) is 0 Å². The standard InChI is InChI=1S/C46H57ClO2/c1-3-5-7-9-11-13-15-17-21-36-25-29-38(30-26-36)45(48)43-24-20-19-23-41(43)42-34-33-40(47)35-44(42)46(49)39-31-27-37(28-32-39)22-18-16-14-12-10-8-6-4-2/h19-20,23-35H,3-18,21-22H2,1-2H3. The summed E-state index contributed by atoms with van der Waals surface area (Å²) >= 11 is 6.45. The summed E-state index contributed by atoms with van der Waals surface area (Å²) in [4.78, 5) is 27.8. The second kappa shape index (κ2) is 21.6. The molecule has 3 heteroatoms. The molecule has 0 spiro atoms. The maximum Gasteiger partial charge on any atom is 0.193 e. The van der Waals surface area contributed by atoms with Crippen LogP contribution in [0, 0.1) is 0 Å². The number of carbonyl (C=O) groups is 2. The lowest BCUT2D eigenvalue weighted by molar-refractivity contribution is 0.103. The molecule has 0 aromatic heterocycles. The number of hydrogen-bond acceptors (Lipinski definition) is 2. The number of unbranched alkanes of at least 4 members (excludes halogenated alkanes) is 14. The number of benzene rings is 4. The molecule has 260 valence electrons. The van der Waals surface area contributed by atoms with Gasteiger partial charge in [0.15, 0.2) is 11.6 Å². The second-order valence-corrected chi connectivity index (χ2v) is 14.2. The van der Waals surface area contributed by atoms with Crippen LogP contribution in [0.5, 0.6) is 0 Å². The molecule has 0 saturated heterocycles. The number of ketones is 2. The maximum absolute atomic E-state index is 13.9. The Morgan fingerprint density at radius 2 is 0.857 bits per heavy atom. The van der Waals surface area contributed by atoms with E-state index in [1.807, 2.05) is 54.6 Å². The highest BCUT2D eigenvalue weighted by Gasteiger charge is 2.21. The summed E-state index contributed by atoms with van der Waals surface area (Å²) in [6.07, 6.45) is 22.9. The van der Waals surface area contributed by atoms with Crippen molar-refractivity contribution < 1.29 is 9.59 Å². The van der Waals surface area contributed by atoms with Crippen molar-refractivity contribution in [1.29, 1.82) is 0 Å². The molecule has 0 heterocycles. The average molecular weight is 677 g/mol. The normalized spacial score (nSPS) is 11.2. The summed E-state index contributed by atoms with van der Waals surface area (Å²) in [6.45, 7) is 4.52. The van der Waals surface area contributed by atoms with Gasteiger partial charge in [0.1, 0.15) is 0 Å². The van der Waals surface area contributed by atoms with E-state index in [4.69, 9.17) is 11.6 Å². The van der Waals surface area contributed by atoms with Gasteiger partial charge in [0.05, 0.1) is 0 Å². The minimum Gasteiger partial charge on any atom is -0.289 e. The van der Waals surface area contributed by atoms with Crippen molar-refractivity contribution in [3.63, 3.8) is 0 Å². The zero-order valence-corrected chi connectivity index (χ0v) is 30.8. The summed E-state index contributed by atoms with van der Waals surface area (Å²) < 4.78 is 0. The highest BCUT2D eigenvalue weighted by Crippen LogP contribution is 2.32. The molecule has 0 saturated carbocycles. The largest absolute Gasteiger partial charge is 0.289 e. The van der Waals surface area contributed by atoms with Gasteiger partial charge in [0, 0.05) is 27.3 Å². The topological polar surface area (TPSA) is 34.1 Å². The molecule has 0 N–H and O–H groups in total. The van der Waals surface area contributed by atoms with Crippen molar-refractivity contribution in [2.24, 2.45) is 0 Å². The Labute approximate surface area is 301 Å². The first-order valence-electron chi connectivity index (χ1n) is 19.2. The fraction of sp³-hybridized carbons (Fsp3) is 0.435. The SMILES string of the molecule is CCCCCCCCCCc1ccc(C(=O)c2ccccc2-c2ccc(Cl)cc2C(=O)c2ccc(CCCCCCCCCC)cc2)cc1. The molecule has 4 aromatic carbocycles. The molecule has 0 bridgehead atoms. The minimum atomic E-state index is -0.0938. The number of halogens is 1. The number of hydrogen-bond donors (Lipinski definition) is 0. The minimum absolute atomic E-state index is 0.0482. The molecule has 0 aliphatic carbocycles. The highest BCUT2D eigenvalue weighted by molar-refractivity contribution is 6.31. The lowest BCUT2D eigenvalue weighted by Gasteiger charge is -2.14. The maximum atomic E-state index is 13.9. The van der Waals surface area contributed by atoms with E-state index < -0.39 is 0 Å². The van der Waals surface area contributed by atoms with Crippen LogP contribution in [0.15, 0.2) is 91.0 Å². The van der Waals surface area contributed by atoms with Crippen LogP contribution in [0.3, 0.4) is 0 Å². The van der Waals surface area contributed by atoms with Gasteiger partial charge in [-0.15, -0.1) is 0 Å². The Bertz CT molecular complexity index is 1570. The molecule has 0 aliphatic rings. The van der Waals surface area contributed by atoms with Gasteiger partial charge in [-0.1, -0.05) is 194 Å². The van der Waals surface area contributed by atoms with Crippen LogP contribution in [0.25, 0.3) is 11.1 Å². The molecule has 0 atom stereocenters. The summed E-state index contributed by atoms with van der Waals surface area (Å²) in [5.41, 5.74) is 6.34. The van der Waals surface area contributed by atoms with Gasteiger partial charge < -0.3 is 0 Å². The lowest BCUT2D eigenvalue weighted by Crippen LogP contribution is -2.08. The van der Waals surface area contributed by atoms with Crippen molar-refractivity contribution in [1.82, 2.24) is 0 Å². The molecule has 0 amide bonds. The number of carbonyl (C=O) groups excluding carboxylic acids is 2. The Hall–Kier alpha value is -3.49. The van der Waals surface area contributed by atoms with Crippen LogP contribution in [0.2, 0.25) is 5.02 Å². The van der Waals surface area contributed by atoms with Gasteiger partial charge in [0.25, 0.3) is 0 Å². The smallest absolute Gasteiger partial charge is 0.193 e. The fourth-order valence-corrected chi connectivity index (χ4v) is 6.91. The van der Waals surface area contributed by atoms with Gasteiger partial charge in [-0.05, 0) is 60.1 Å². The van der Waals surface area contributed by atoms with Crippen LogP contribution in [-0.4, -0.2) is 11.6 Å². The highest BCUT2D eigenvalue weighted by atomic mass is 35.5. The van der Waals surface area contributed by atoms with Crippen LogP contribution < -0.4 is 0 Å². The third-order valence-corrected chi connectivity index (χ3v) is 9.99. The first-order chi connectivity index (χ1) is 24.0. The van der Waals surface area contributed by atoms with Crippen molar-refractivity contribution >= 4 is 23.2 Å². The number of aryl methyl sites for hydroxylation is 2. The molecule has 0 aliphatic heterocycles. The van der Waals surface area contributed by atoms with E-state index in [2.05, 4.69) is 38.1 Å². The third-order valence-electron chi connectivity index (χ3n) is 9.76. The van der Waals surface area contributed by atoms with E-state index in [9.17, 15) is 9.59 Å². The van der Waals surface area contributed by atoms with E-state index in [-0.39, 0.29) is 11.6 Å². The summed E-state index contributed by atoms with van der Waals surface area (Å²) in [7, 11) is 0. The monoisotopic (exact) mass is 676 g/mol. The first-order valence-corrected chi connectivity index (χ1v) is 19.6. The zero-order valence-electron chi connectivity index (χ0n) is 30.1. The average Bonchev–Trinajstić information content (AvgIpc) is 3.14. The zero-order chi connectivity index (χ0) is 34.7. The summed E-state index contributed by atoms with van der Waals surface area (Å²) in [5, 5.41) is 0.495. The van der Waals surface area contributed by atoms with E-state index >= 15 is 0 Å². The summed E-state index contributed by atoms with van der Waals surface area (Å²) in [6, 6.07) is 29.1. The Morgan fingerprint density at radius 1 is 0.449 bits per heavy atom. The van der Waals surface area contributed by atoms with Gasteiger partial charge in [-0.3, -0.25) is 9.59 Å². The van der Waals surface area contributed by atoms with Crippen molar-refractivity contribution in [3.8, 4) is 11.1 Å². The predicted octanol–water partition coefficient (Wildman–Crippen LogP) is 13.8. The predicted molar refractivity (Wildman–Crippen MR) is 209 cm³/mol. The summed E-state index contributed by atoms with van der Waals surface area (Å²) in [5.74, 6) is -0.142. The second-order valence-electron chi connectivity index (χ2n) is 13.7. The third kappa shape index (κ3) is 12.4. The molecule has 4 rings (SSSR count). The molecule has 49 heavy (non-hydrogen) atoms. The number of rotatable bonds is 23. The van der Waals surface area contributed by atoms with Gasteiger partial charge in [-0.25, -0.2) is 0 Å². The Kier molecular flexibility index (Phi) is 16.9. The fourth-order valence-electron chi connectivity index (χ4n) is 6.74. The molecule has 2 nitrogen and oxygen atoms in total.